The van der Waals surface area contributed by atoms with Gasteiger partial charge in [-0.3, -0.25) is 0 Å². The molecule has 3 aliphatic rings. The van der Waals surface area contributed by atoms with E-state index in [-0.39, 0.29) is 0 Å². The van der Waals surface area contributed by atoms with Crippen molar-refractivity contribution in [2.75, 3.05) is 6.54 Å². The van der Waals surface area contributed by atoms with Crippen molar-refractivity contribution in [1.82, 2.24) is 5.32 Å². The number of rotatable bonds is 3. The Morgan fingerprint density at radius 2 is 1.92 bits per heavy atom. The van der Waals surface area contributed by atoms with Crippen molar-refractivity contribution in [2.45, 2.75) is 51.5 Å². The number of hydrogen-bond donors (Lipinski definition) is 1. The number of nitrogens with one attached hydrogen (secondary N) is 1. The summed E-state index contributed by atoms with van der Waals surface area (Å²) in [4.78, 5) is 0. The average molecular weight is 179 g/mol. The van der Waals surface area contributed by atoms with Crippen molar-refractivity contribution in [3.63, 3.8) is 0 Å². The van der Waals surface area contributed by atoms with Crippen LogP contribution in [0.1, 0.15) is 45.4 Å². The Kier molecular flexibility index (Phi) is 1.74. The van der Waals surface area contributed by atoms with E-state index in [0.29, 0.717) is 0 Å². The standard InChI is InChI=1S/C12H21N/c1-2-3-9-4-12(5-9)6-10(7-12)11-8-13-11/h9-11,13H,2-8H2,1H3/t9?,10?,11-,12?/m0/s1. The van der Waals surface area contributed by atoms with Crippen molar-refractivity contribution in [3.8, 4) is 0 Å². The first-order chi connectivity index (χ1) is 6.31. The fourth-order valence-corrected chi connectivity index (χ4v) is 3.85. The highest BCUT2D eigenvalue weighted by atomic mass is 15.1. The van der Waals surface area contributed by atoms with E-state index in [2.05, 4.69) is 12.2 Å². The lowest BCUT2D eigenvalue weighted by Gasteiger charge is -2.58. The van der Waals surface area contributed by atoms with E-state index in [4.69, 9.17) is 0 Å². The molecule has 3 rings (SSSR count). The summed E-state index contributed by atoms with van der Waals surface area (Å²) in [5, 5.41) is 3.46. The zero-order valence-corrected chi connectivity index (χ0v) is 8.68. The van der Waals surface area contributed by atoms with Crippen molar-refractivity contribution in [3.05, 3.63) is 0 Å². The highest BCUT2D eigenvalue weighted by Crippen LogP contribution is 2.63. The minimum absolute atomic E-state index is 0.870. The van der Waals surface area contributed by atoms with E-state index < -0.39 is 0 Å². The van der Waals surface area contributed by atoms with Gasteiger partial charge in [-0.15, -0.1) is 0 Å². The van der Waals surface area contributed by atoms with Crippen molar-refractivity contribution in [2.24, 2.45) is 17.3 Å². The summed E-state index contributed by atoms with van der Waals surface area (Å²) < 4.78 is 0. The van der Waals surface area contributed by atoms with Crippen LogP contribution in [0.15, 0.2) is 0 Å². The molecule has 0 radical (unpaired) electrons. The third kappa shape index (κ3) is 1.32. The Morgan fingerprint density at radius 3 is 2.46 bits per heavy atom. The van der Waals surface area contributed by atoms with E-state index in [9.17, 15) is 0 Å². The highest BCUT2D eigenvalue weighted by molar-refractivity contribution is 5.08. The molecule has 1 heterocycles. The van der Waals surface area contributed by atoms with E-state index in [1.807, 2.05) is 0 Å². The second kappa shape index (κ2) is 2.73. The van der Waals surface area contributed by atoms with Gasteiger partial charge in [-0.05, 0) is 42.9 Å². The van der Waals surface area contributed by atoms with Crippen LogP contribution < -0.4 is 5.32 Å². The molecule has 3 fully saturated rings. The molecule has 1 heteroatoms. The first kappa shape index (κ1) is 8.28. The van der Waals surface area contributed by atoms with Crippen LogP contribution in [0, 0.1) is 17.3 Å². The van der Waals surface area contributed by atoms with Gasteiger partial charge in [-0.1, -0.05) is 19.8 Å². The smallest absolute Gasteiger partial charge is 0.0221 e. The van der Waals surface area contributed by atoms with Gasteiger partial charge < -0.3 is 5.32 Å². The molecule has 1 atom stereocenters. The molecule has 2 aliphatic carbocycles. The quantitative estimate of drug-likeness (QED) is 0.661. The molecule has 1 spiro atoms. The zero-order chi connectivity index (χ0) is 8.89. The van der Waals surface area contributed by atoms with Gasteiger partial charge in [-0.25, -0.2) is 0 Å². The maximum absolute atomic E-state index is 3.46. The molecule has 0 aromatic rings. The Hall–Kier alpha value is -0.0400. The summed E-state index contributed by atoms with van der Waals surface area (Å²) in [6, 6.07) is 0.941. The van der Waals surface area contributed by atoms with Crippen LogP contribution in [0.3, 0.4) is 0 Å². The van der Waals surface area contributed by atoms with Gasteiger partial charge in [0.2, 0.25) is 0 Å². The Balaban J connectivity index is 1.44. The second-order valence-corrected chi connectivity index (χ2v) is 5.75. The number of hydrogen-bond acceptors (Lipinski definition) is 1. The molecule has 13 heavy (non-hydrogen) atoms. The summed E-state index contributed by atoms with van der Waals surface area (Å²) in [5.41, 5.74) is 0.870. The monoisotopic (exact) mass is 179 g/mol. The second-order valence-electron chi connectivity index (χ2n) is 5.75. The van der Waals surface area contributed by atoms with Gasteiger partial charge in [0.15, 0.2) is 0 Å². The first-order valence-electron chi connectivity index (χ1n) is 6.05. The van der Waals surface area contributed by atoms with Gasteiger partial charge in [0, 0.05) is 12.6 Å². The van der Waals surface area contributed by atoms with Gasteiger partial charge in [0.1, 0.15) is 0 Å². The zero-order valence-electron chi connectivity index (χ0n) is 8.68. The third-order valence-electron chi connectivity index (χ3n) is 4.54. The maximum Gasteiger partial charge on any atom is 0.0221 e. The van der Waals surface area contributed by atoms with Gasteiger partial charge >= 0.3 is 0 Å². The Bertz CT molecular complexity index is 193. The van der Waals surface area contributed by atoms with Crippen LogP contribution in [0.4, 0.5) is 0 Å². The van der Waals surface area contributed by atoms with Crippen molar-refractivity contribution < 1.29 is 0 Å². The molecular weight excluding hydrogens is 158 g/mol. The van der Waals surface area contributed by atoms with Gasteiger partial charge in [0.05, 0.1) is 0 Å². The molecule has 74 valence electrons. The molecule has 2 saturated carbocycles. The fourth-order valence-electron chi connectivity index (χ4n) is 3.85. The summed E-state index contributed by atoms with van der Waals surface area (Å²) in [6.07, 6.45) is 9.16. The minimum atomic E-state index is 0.870. The minimum Gasteiger partial charge on any atom is -0.311 e. The lowest BCUT2D eigenvalue weighted by Crippen LogP contribution is -2.49. The molecule has 1 aliphatic heterocycles. The van der Waals surface area contributed by atoms with E-state index in [0.717, 1.165) is 23.3 Å². The lowest BCUT2D eigenvalue weighted by molar-refractivity contribution is -0.0704. The molecule has 1 nitrogen and oxygen atoms in total. The van der Waals surface area contributed by atoms with Crippen LogP contribution in [-0.2, 0) is 0 Å². The van der Waals surface area contributed by atoms with Crippen LogP contribution in [0.25, 0.3) is 0 Å². The predicted molar refractivity (Wildman–Crippen MR) is 54.6 cm³/mol. The molecule has 0 unspecified atom stereocenters. The topological polar surface area (TPSA) is 21.9 Å². The molecule has 0 aromatic carbocycles. The molecular formula is C12H21N. The lowest BCUT2D eigenvalue weighted by atomic mass is 9.47. The average Bonchev–Trinajstić information content (AvgIpc) is 2.73. The summed E-state index contributed by atoms with van der Waals surface area (Å²) in [6.45, 7) is 3.64. The molecule has 1 saturated heterocycles. The summed E-state index contributed by atoms with van der Waals surface area (Å²) >= 11 is 0. The molecule has 0 aromatic heterocycles. The third-order valence-corrected chi connectivity index (χ3v) is 4.54. The molecule has 1 N–H and O–H groups in total. The predicted octanol–water partition coefficient (Wildman–Crippen LogP) is 2.56. The van der Waals surface area contributed by atoms with Gasteiger partial charge in [-0.2, -0.15) is 0 Å². The fraction of sp³-hybridized carbons (Fsp3) is 1.00. The van der Waals surface area contributed by atoms with E-state index in [1.54, 1.807) is 25.7 Å². The van der Waals surface area contributed by atoms with Crippen LogP contribution in [0.5, 0.6) is 0 Å². The van der Waals surface area contributed by atoms with Crippen molar-refractivity contribution >= 4 is 0 Å². The van der Waals surface area contributed by atoms with E-state index >= 15 is 0 Å². The molecule has 0 amide bonds. The normalized spacial score (nSPS) is 52.8. The summed E-state index contributed by atoms with van der Waals surface area (Å²) in [7, 11) is 0. The van der Waals surface area contributed by atoms with Gasteiger partial charge in [0.25, 0.3) is 0 Å². The molecule has 0 bridgehead atoms. The largest absolute Gasteiger partial charge is 0.311 e. The van der Waals surface area contributed by atoms with Crippen molar-refractivity contribution in [1.29, 1.82) is 0 Å². The SMILES string of the molecule is CCCC1CC2(C1)CC([C@@H]1CN1)C2. The highest BCUT2D eigenvalue weighted by Gasteiger charge is 2.55. The van der Waals surface area contributed by atoms with Crippen LogP contribution in [-0.4, -0.2) is 12.6 Å². The van der Waals surface area contributed by atoms with E-state index in [1.165, 1.54) is 19.4 Å². The Labute approximate surface area is 81.3 Å². The maximum atomic E-state index is 3.46. The van der Waals surface area contributed by atoms with Crippen LogP contribution in [0.2, 0.25) is 0 Å². The Morgan fingerprint density at radius 1 is 1.23 bits per heavy atom. The van der Waals surface area contributed by atoms with Crippen LogP contribution >= 0.6 is 0 Å². The summed E-state index contributed by atoms with van der Waals surface area (Å²) in [5.74, 6) is 2.18. The first-order valence-corrected chi connectivity index (χ1v) is 6.05.